The van der Waals surface area contributed by atoms with Crippen molar-refractivity contribution < 1.29 is 22.3 Å². The van der Waals surface area contributed by atoms with Gasteiger partial charge in [0, 0.05) is 11.5 Å². The Kier molecular flexibility index (Phi) is 4.07. The van der Waals surface area contributed by atoms with E-state index >= 15 is 0 Å². The summed E-state index contributed by atoms with van der Waals surface area (Å²) in [6.45, 7) is 8.39. The fraction of sp³-hybridized carbons (Fsp3) is 0.471. The Bertz CT molecular complexity index is 848. The molecular formula is C17H21NO5S. The van der Waals surface area contributed by atoms with Crippen molar-refractivity contribution in [3.05, 3.63) is 36.0 Å². The molecule has 1 aliphatic heterocycles. The van der Waals surface area contributed by atoms with Crippen LogP contribution in [0.5, 0.6) is 11.5 Å². The Morgan fingerprint density at radius 3 is 2.42 bits per heavy atom. The van der Waals surface area contributed by atoms with Crippen LogP contribution in [0.2, 0.25) is 0 Å². The van der Waals surface area contributed by atoms with E-state index in [1.807, 2.05) is 20.8 Å². The highest BCUT2D eigenvalue weighted by molar-refractivity contribution is 7.91. The highest BCUT2D eigenvalue weighted by atomic mass is 32.2. The number of oxazole rings is 1. The molecule has 6 nitrogen and oxygen atoms in total. The zero-order valence-corrected chi connectivity index (χ0v) is 15.0. The van der Waals surface area contributed by atoms with E-state index in [2.05, 4.69) is 4.98 Å². The number of aromatic nitrogens is 1. The van der Waals surface area contributed by atoms with Gasteiger partial charge in [0.2, 0.25) is 5.89 Å². The van der Waals surface area contributed by atoms with E-state index in [-0.39, 0.29) is 16.2 Å². The minimum Gasteiger partial charge on any atom is -0.486 e. The van der Waals surface area contributed by atoms with Crippen LogP contribution in [0.3, 0.4) is 0 Å². The molecule has 7 heteroatoms. The molecule has 130 valence electrons. The van der Waals surface area contributed by atoms with Gasteiger partial charge in [-0.15, -0.1) is 0 Å². The minimum absolute atomic E-state index is 0.162. The average molecular weight is 351 g/mol. The van der Waals surface area contributed by atoms with Crippen molar-refractivity contribution in [2.45, 2.75) is 43.3 Å². The maximum absolute atomic E-state index is 12.9. The van der Waals surface area contributed by atoms with Gasteiger partial charge in [-0.25, -0.2) is 13.4 Å². The SMILES string of the molecule is C[C@@H](c1ncc(C(C)(C)C)o1)S(=O)(=O)c1ccc2c(c1)OCCO2. The van der Waals surface area contributed by atoms with Crippen LogP contribution in [0.1, 0.15) is 44.6 Å². The molecule has 0 aliphatic carbocycles. The van der Waals surface area contributed by atoms with Crippen molar-refractivity contribution >= 4 is 9.84 Å². The fourth-order valence-corrected chi connectivity index (χ4v) is 3.67. The number of ether oxygens (including phenoxy) is 2. The molecule has 2 aromatic rings. The van der Waals surface area contributed by atoms with Crippen LogP contribution in [0.25, 0.3) is 0 Å². The minimum atomic E-state index is -3.65. The Labute approximate surface area is 141 Å². The Balaban J connectivity index is 1.94. The summed E-state index contributed by atoms with van der Waals surface area (Å²) in [6.07, 6.45) is 1.59. The number of benzene rings is 1. The van der Waals surface area contributed by atoms with Crippen LogP contribution in [-0.4, -0.2) is 26.6 Å². The van der Waals surface area contributed by atoms with E-state index in [4.69, 9.17) is 13.9 Å². The van der Waals surface area contributed by atoms with Gasteiger partial charge in [0.15, 0.2) is 21.3 Å². The largest absolute Gasteiger partial charge is 0.486 e. The number of sulfone groups is 1. The molecule has 0 radical (unpaired) electrons. The molecule has 3 rings (SSSR count). The summed E-state index contributed by atoms with van der Waals surface area (Å²) >= 11 is 0. The van der Waals surface area contributed by atoms with Crippen LogP contribution in [0.4, 0.5) is 0 Å². The number of hydrogen-bond acceptors (Lipinski definition) is 6. The summed E-state index contributed by atoms with van der Waals surface area (Å²) in [7, 11) is -3.65. The number of fused-ring (bicyclic) bond motifs is 1. The van der Waals surface area contributed by atoms with Crippen LogP contribution in [-0.2, 0) is 15.3 Å². The first-order valence-electron chi connectivity index (χ1n) is 7.79. The lowest BCUT2D eigenvalue weighted by Crippen LogP contribution is -2.16. The van der Waals surface area contributed by atoms with Crippen LogP contribution in [0, 0.1) is 0 Å². The first kappa shape index (κ1) is 16.8. The molecule has 0 amide bonds. The van der Waals surface area contributed by atoms with Crippen LogP contribution < -0.4 is 9.47 Å². The standard InChI is InChI=1S/C17H21NO5S/c1-11(16-18-10-15(23-16)17(2,3)4)24(19,20)12-5-6-13-14(9-12)22-8-7-21-13/h5-6,9-11H,7-8H2,1-4H3/t11-/m0/s1. The molecule has 0 unspecified atom stereocenters. The maximum Gasteiger partial charge on any atom is 0.212 e. The maximum atomic E-state index is 12.9. The zero-order chi connectivity index (χ0) is 17.5. The van der Waals surface area contributed by atoms with Crippen molar-refractivity contribution in [2.75, 3.05) is 13.2 Å². The van der Waals surface area contributed by atoms with Gasteiger partial charge in [-0.1, -0.05) is 20.8 Å². The fourth-order valence-electron chi connectivity index (χ4n) is 2.36. The molecule has 0 N–H and O–H groups in total. The predicted molar refractivity (Wildman–Crippen MR) is 88.2 cm³/mol. The number of rotatable bonds is 3. The second kappa shape index (κ2) is 5.81. The van der Waals surface area contributed by atoms with Crippen molar-refractivity contribution in [3.8, 4) is 11.5 Å². The van der Waals surface area contributed by atoms with Crippen molar-refractivity contribution in [1.82, 2.24) is 4.98 Å². The summed E-state index contributed by atoms with van der Waals surface area (Å²) in [5.41, 5.74) is -0.230. The molecule has 1 aromatic carbocycles. The monoisotopic (exact) mass is 351 g/mol. The molecule has 0 bridgehead atoms. The lowest BCUT2D eigenvalue weighted by atomic mass is 9.94. The van der Waals surface area contributed by atoms with Gasteiger partial charge < -0.3 is 13.9 Å². The molecule has 0 fully saturated rings. The van der Waals surface area contributed by atoms with Crippen molar-refractivity contribution in [1.29, 1.82) is 0 Å². The van der Waals surface area contributed by atoms with E-state index in [9.17, 15) is 8.42 Å². The molecule has 0 spiro atoms. The van der Waals surface area contributed by atoms with Gasteiger partial charge >= 0.3 is 0 Å². The molecule has 1 aliphatic rings. The topological polar surface area (TPSA) is 78.6 Å². The second-order valence-electron chi connectivity index (χ2n) is 6.81. The van der Waals surface area contributed by atoms with Gasteiger partial charge in [0.25, 0.3) is 0 Å². The summed E-state index contributed by atoms with van der Waals surface area (Å²) in [5, 5.41) is -0.892. The lowest BCUT2D eigenvalue weighted by Gasteiger charge is -2.19. The Hall–Kier alpha value is -2.02. The molecule has 0 saturated heterocycles. The summed E-state index contributed by atoms with van der Waals surface area (Å²) in [6, 6.07) is 4.63. The number of nitrogens with zero attached hydrogens (tertiary/aromatic N) is 1. The summed E-state index contributed by atoms with van der Waals surface area (Å²) < 4.78 is 42.3. The lowest BCUT2D eigenvalue weighted by molar-refractivity contribution is 0.171. The van der Waals surface area contributed by atoms with Gasteiger partial charge in [-0.2, -0.15) is 0 Å². The van der Waals surface area contributed by atoms with Gasteiger partial charge in [0.05, 0.1) is 11.1 Å². The molecule has 1 atom stereocenters. The number of hydrogen-bond donors (Lipinski definition) is 0. The van der Waals surface area contributed by atoms with E-state index in [0.29, 0.717) is 30.5 Å². The highest BCUT2D eigenvalue weighted by Gasteiger charge is 2.31. The Morgan fingerprint density at radius 2 is 1.79 bits per heavy atom. The van der Waals surface area contributed by atoms with E-state index < -0.39 is 15.1 Å². The van der Waals surface area contributed by atoms with Crippen LogP contribution in [0.15, 0.2) is 33.7 Å². The van der Waals surface area contributed by atoms with Crippen LogP contribution >= 0.6 is 0 Å². The predicted octanol–water partition coefficient (Wildman–Crippen LogP) is 3.28. The smallest absolute Gasteiger partial charge is 0.212 e. The Morgan fingerprint density at radius 1 is 1.12 bits per heavy atom. The van der Waals surface area contributed by atoms with Gasteiger partial charge in [-0.3, -0.25) is 0 Å². The van der Waals surface area contributed by atoms with E-state index in [1.54, 1.807) is 19.2 Å². The summed E-state index contributed by atoms with van der Waals surface area (Å²) in [4.78, 5) is 4.32. The third kappa shape index (κ3) is 3.00. The molecular weight excluding hydrogens is 330 g/mol. The molecule has 0 saturated carbocycles. The molecule has 2 heterocycles. The third-order valence-electron chi connectivity index (χ3n) is 3.92. The second-order valence-corrected chi connectivity index (χ2v) is 9.07. The zero-order valence-electron chi connectivity index (χ0n) is 14.2. The molecule has 24 heavy (non-hydrogen) atoms. The van der Waals surface area contributed by atoms with Gasteiger partial charge in [0.1, 0.15) is 24.2 Å². The third-order valence-corrected chi connectivity index (χ3v) is 5.96. The van der Waals surface area contributed by atoms with Crippen molar-refractivity contribution in [2.24, 2.45) is 0 Å². The average Bonchev–Trinajstić information content (AvgIpc) is 3.03. The summed E-state index contributed by atoms with van der Waals surface area (Å²) in [5.74, 6) is 1.84. The highest BCUT2D eigenvalue weighted by Crippen LogP contribution is 2.36. The van der Waals surface area contributed by atoms with E-state index in [1.165, 1.54) is 12.1 Å². The first-order chi connectivity index (χ1) is 11.2. The quantitative estimate of drug-likeness (QED) is 0.844. The van der Waals surface area contributed by atoms with Crippen molar-refractivity contribution in [3.63, 3.8) is 0 Å². The first-order valence-corrected chi connectivity index (χ1v) is 9.34. The van der Waals surface area contributed by atoms with Gasteiger partial charge in [-0.05, 0) is 19.1 Å². The normalized spacial score (nSPS) is 16.0. The molecule has 1 aromatic heterocycles. The van der Waals surface area contributed by atoms with E-state index in [0.717, 1.165) is 0 Å².